The molecule has 5 heteroatoms. The maximum atomic E-state index is 11.9. The van der Waals surface area contributed by atoms with Crippen LogP contribution in [0.3, 0.4) is 0 Å². The molecule has 0 radical (unpaired) electrons. The Morgan fingerprint density at radius 1 is 1.50 bits per heavy atom. The molecule has 0 bridgehead atoms. The minimum Gasteiger partial charge on any atom is -0.492 e. The van der Waals surface area contributed by atoms with E-state index in [1.807, 2.05) is 26.0 Å². The van der Waals surface area contributed by atoms with Gasteiger partial charge in [0, 0.05) is 12.1 Å². The van der Waals surface area contributed by atoms with Gasteiger partial charge in [-0.2, -0.15) is 0 Å². The Kier molecular flexibility index (Phi) is 5.47. The highest BCUT2D eigenvalue weighted by atomic mass is 79.9. The smallest absolute Gasteiger partial charge is 0.238 e. The van der Waals surface area contributed by atoms with E-state index in [2.05, 4.69) is 15.9 Å². The minimum absolute atomic E-state index is 0.0252. The Bertz CT molecular complexity index is 418. The molecule has 0 atom stereocenters. The molecule has 100 valence electrons. The molecule has 0 aliphatic heterocycles. The van der Waals surface area contributed by atoms with Crippen molar-refractivity contribution >= 4 is 33.4 Å². The Balaban J connectivity index is 2.40. The van der Waals surface area contributed by atoms with Crippen molar-refractivity contribution in [2.75, 3.05) is 20.2 Å². The van der Waals surface area contributed by atoms with E-state index in [0.717, 1.165) is 0 Å². The molecular formula is C13H17BrClNO2. The predicted molar refractivity (Wildman–Crippen MR) is 77.6 cm³/mol. The van der Waals surface area contributed by atoms with Crippen molar-refractivity contribution in [1.29, 1.82) is 0 Å². The number of rotatable bonds is 5. The first kappa shape index (κ1) is 15.3. The average Bonchev–Trinajstić information content (AvgIpc) is 2.26. The number of carbonyl (C=O) groups is 1. The van der Waals surface area contributed by atoms with Gasteiger partial charge >= 0.3 is 0 Å². The fourth-order valence-electron chi connectivity index (χ4n) is 1.41. The second-order valence-electron chi connectivity index (χ2n) is 4.50. The highest BCUT2D eigenvalue weighted by molar-refractivity contribution is 9.10. The summed E-state index contributed by atoms with van der Waals surface area (Å²) < 4.78 is 4.98. The molecule has 0 heterocycles. The first-order valence-electron chi connectivity index (χ1n) is 5.63. The van der Waals surface area contributed by atoms with Crippen molar-refractivity contribution in [1.82, 2.24) is 4.90 Å². The number of alkyl halides is 1. The van der Waals surface area contributed by atoms with Crippen molar-refractivity contribution in [3.05, 3.63) is 29.3 Å². The van der Waals surface area contributed by atoms with Crippen LogP contribution >= 0.6 is 27.5 Å². The van der Waals surface area contributed by atoms with Gasteiger partial charge in [-0.25, -0.2) is 0 Å². The Morgan fingerprint density at radius 2 is 2.17 bits per heavy atom. The number of ether oxygens (including phenoxy) is 1. The largest absolute Gasteiger partial charge is 0.492 e. The predicted octanol–water partition coefficient (Wildman–Crippen LogP) is 3.35. The van der Waals surface area contributed by atoms with E-state index < -0.39 is 4.32 Å². The SMILES string of the molecule is CN(CCOc1cccc(Cl)c1)C(=O)C(C)(C)Br. The summed E-state index contributed by atoms with van der Waals surface area (Å²) in [4.78, 5) is 13.5. The van der Waals surface area contributed by atoms with Gasteiger partial charge in [0.2, 0.25) is 5.91 Å². The van der Waals surface area contributed by atoms with Crippen LogP contribution in [0.25, 0.3) is 0 Å². The van der Waals surface area contributed by atoms with E-state index in [-0.39, 0.29) is 5.91 Å². The van der Waals surface area contributed by atoms with Gasteiger partial charge in [0.05, 0.1) is 10.9 Å². The van der Waals surface area contributed by atoms with Crippen LogP contribution in [0.15, 0.2) is 24.3 Å². The highest BCUT2D eigenvalue weighted by Crippen LogP contribution is 2.19. The average molecular weight is 335 g/mol. The van der Waals surface area contributed by atoms with E-state index in [9.17, 15) is 4.79 Å². The number of hydrogen-bond donors (Lipinski definition) is 0. The van der Waals surface area contributed by atoms with Gasteiger partial charge in [-0.1, -0.05) is 33.6 Å². The third-order valence-corrected chi connectivity index (χ3v) is 2.92. The fraction of sp³-hybridized carbons (Fsp3) is 0.462. The summed E-state index contributed by atoms with van der Waals surface area (Å²) in [5.74, 6) is 0.735. The Morgan fingerprint density at radius 3 is 2.72 bits per heavy atom. The van der Waals surface area contributed by atoms with Gasteiger partial charge < -0.3 is 9.64 Å². The fourth-order valence-corrected chi connectivity index (χ4v) is 1.90. The summed E-state index contributed by atoms with van der Waals surface area (Å²) in [5.41, 5.74) is 0. The minimum atomic E-state index is -0.544. The second kappa shape index (κ2) is 6.43. The van der Waals surface area contributed by atoms with E-state index in [1.165, 1.54) is 0 Å². The molecule has 0 spiro atoms. The number of amides is 1. The zero-order chi connectivity index (χ0) is 13.8. The molecule has 0 N–H and O–H groups in total. The van der Waals surface area contributed by atoms with Crippen LogP contribution < -0.4 is 4.74 Å². The van der Waals surface area contributed by atoms with Crippen molar-refractivity contribution < 1.29 is 9.53 Å². The molecule has 18 heavy (non-hydrogen) atoms. The lowest BCUT2D eigenvalue weighted by molar-refractivity contribution is -0.131. The zero-order valence-electron chi connectivity index (χ0n) is 10.7. The number of hydrogen-bond acceptors (Lipinski definition) is 2. The van der Waals surface area contributed by atoms with Crippen molar-refractivity contribution in [3.8, 4) is 5.75 Å². The van der Waals surface area contributed by atoms with Gasteiger partial charge in [-0.3, -0.25) is 4.79 Å². The normalized spacial score (nSPS) is 11.2. The van der Waals surface area contributed by atoms with Crippen molar-refractivity contribution in [2.24, 2.45) is 0 Å². The monoisotopic (exact) mass is 333 g/mol. The molecule has 0 fully saturated rings. The van der Waals surface area contributed by atoms with Crippen molar-refractivity contribution in [2.45, 2.75) is 18.2 Å². The number of likely N-dealkylation sites (N-methyl/N-ethyl adjacent to an activating group) is 1. The summed E-state index contributed by atoms with van der Waals surface area (Å²) in [6.07, 6.45) is 0. The lowest BCUT2D eigenvalue weighted by Gasteiger charge is -2.24. The summed E-state index contributed by atoms with van der Waals surface area (Å²) in [7, 11) is 1.76. The number of carbonyl (C=O) groups excluding carboxylic acids is 1. The summed E-state index contributed by atoms with van der Waals surface area (Å²) >= 11 is 9.19. The van der Waals surface area contributed by atoms with E-state index >= 15 is 0 Å². The molecule has 0 aliphatic carbocycles. The lowest BCUT2D eigenvalue weighted by atomic mass is 10.2. The van der Waals surface area contributed by atoms with Crippen LogP contribution in [-0.2, 0) is 4.79 Å². The number of nitrogens with zero attached hydrogens (tertiary/aromatic N) is 1. The van der Waals surface area contributed by atoms with Crippen LogP contribution in [0, 0.1) is 0 Å². The second-order valence-corrected chi connectivity index (χ2v) is 6.92. The third-order valence-electron chi connectivity index (χ3n) is 2.35. The van der Waals surface area contributed by atoms with Crippen LogP contribution in [-0.4, -0.2) is 35.3 Å². The van der Waals surface area contributed by atoms with Crippen LogP contribution in [0.2, 0.25) is 5.02 Å². The Labute approximate surface area is 121 Å². The lowest BCUT2D eigenvalue weighted by Crippen LogP contribution is -2.41. The Hall–Kier alpha value is -0.740. The molecule has 1 aromatic carbocycles. The van der Waals surface area contributed by atoms with Gasteiger partial charge in [-0.15, -0.1) is 0 Å². The maximum absolute atomic E-state index is 11.9. The molecule has 1 aromatic rings. The number of halogens is 2. The molecule has 0 saturated carbocycles. The standard InChI is InChI=1S/C13H17BrClNO2/c1-13(2,14)12(17)16(3)7-8-18-11-6-4-5-10(15)9-11/h4-6,9H,7-8H2,1-3H3. The summed E-state index contributed by atoms with van der Waals surface area (Å²) in [6.45, 7) is 4.61. The van der Waals surface area contributed by atoms with Gasteiger partial charge in [-0.05, 0) is 32.0 Å². The number of benzene rings is 1. The molecule has 3 nitrogen and oxygen atoms in total. The molecule has 1 rings (SSSR count). The first-order valence-corrected chi connectivity index (χ1v) is 6.80. The molecule has 1 amide bonds. The quantitative estimate of drug-likeness (QED) is 0.773. The van der Waals surface area contributed by atoms with Crippen LogP contribution in [0.5, 0.6) is 5.75 Å². The molecular weight excluding hydrogens is 318 g/mol. The van der Waals surface area contributed by atoms with Crippen LogP contribution in [0.4, 0.5) is 0 Å². The first-order chi connectivity index (χ1) is 8.30. The van der Waals surface area contributed by atoms with E-state index in [4.69, 9.17) is 16.3 Å². The summed E-state index contributed by atoms with van der Waals surface area (Å²) in [6, 6.07) is 7.20. The zero-order valence-corrected chi connectivity index (χ0v) is 13.1. The van der Waals surface area contributed by atoms with Gasteiger partial charge in [0.1, 0.15) is 12.4 Å². The third kappa shape index (κ3) is 4.86. The van der Waals surface area contributed by atoms with E-state index in [0.29, 0.717) is 23.9 Å². The molecule has 0 aromatic heterocycles. The summed E-state index contributed by atoms with van der Waals surface area (Å²) in [5, 5.41) is 0.638. The van der Waals surface area contributed by atoms with Crippen LogP contribution in [0.1, 0.15) is 13.8 Å². The molecule has 0 saturated heterocycles. The van der Waals surface area contributed by atoms with E-state index in [1.54, 1.807) is 24.1 Å². The van der Waals surface area contributed by atoms with Crippen molar-refractivity contribution in [3.63, 3.8) is 0 Å². The maximum Gasteiger partial charge on any atom is 0.238 e. The molecule has 0 aliphatic rings. The van der Waals surface area contributed by atoms with Gasteiger partial charge in [0.25, 0.3) is 0 Å². The topological polar surface area (TPSA) is 29.5 Å². The molecule has 0 unspecified atom stereocenters. The highest BCUT2D eigenvalue weighted by Gasteiger charge is 2.26. The van der Waals surface area contributed by atoms with Gasteiger partial charge in [0.15, 0.2) is 0 Å².